The molecule has 1 aliphatic heterocycles. The first-order chi connectivity index (χ1) is 10.8. The second-order valence-electron chi connectivity index (χ2n) is 5.31. The Balaban J connectivity index is 1.71. The summed E-state index contributed by atoms with van der Waals surface area (Å²) in [6.07, 6.45) is 1.70. The second kappa shape index (κ2) is 6.52. The molecule has 0 bridgehead atoms. The molecule has 0 fully saturated rings. The predicted octanol–water partition coefficient (Wildman–Crippen LogP) is 3.45. The molecule has 22 heavy (non-hydrogen) atoms. The zero-order valence-electron chi connectivity index (χ0n) is 12.6. The van der Waals surface area contributed by atoms with Gasteiger partial charge in [-0.05, 0) is 43.5 Å². The van der Waals surface area contributed by atoms with Gasteiger partial charge in [0.15, 0.2) is 0 Å². The zero-order chi connectivity index (χ0) is 15.4. The molecule has 1 aliphatic rings. The summed E-state index contributed by atoms with van der Waals surface area (Å²) in [4.78, 5) is 12.5. The van der Waals surface area contributed by atoms with E-state index >= 15 is 0 Å². The highest BCUT2D eigenvalue weighted by Crippen LogP contribution is 2.27. The van der Waals surface area contributed by atoms with Gasteiger partial charge in [-0.2, -0.15) is 0 Å². The third kappa shape index (κ3) is 3.06. The second-order valence-corrected chi connectivity index (χ2v) is 5.31. The highest BCUT2D eigenvalue weighted by Gasteiger charge is 2.24. The van der Waals surface area contributed by atoms with Crippen molar-refractivity contribution in [2.75, 3.05) is 17.2 Å². The smallest absolute Gasteiger partial charge is 0.246 e. The number of hydrogen-bond donors (Lipinski definition) is 2. The van der Waals surface area contributed by atoms with Gasteiger partial charge in [-0.1, -0.05) is 30.3 Å². The van der Waals surface area contributed by atoms with Crippen molar-refractivity contribution in [3.05, 3.63) is 54.1 Å². The molecule has 114 valence electrons. The summed E-state index contributed by atoms with van der Waals surface area (Å²) in [6.45, 7) is 2.50. The molecule has 0 spiro atoms. The van der Waals surface area contributed by atoms with Crippen LogP contribution in [-0.2, 0) is 11.2 Å². The maximum Gasteiger partial charge on any atom is 0.246 e. The number of amides is 1. The number of anilines is 2. The van der Waals surface area contributed by atoms with Crippen LogP contribution in [0.15, 0.2) is 48.5 Å². The topological polar surface area (TPSA) is 50.4 Å². The number of carbonyl (C=O) groups excluding carboxylic acids is 1. The molecule has 2 aromatic rings. The quantitative estimate of drug-likeness (QED) is 0.908. The van der Waals surface area contributed by atoms with E-state index in [9.17, 15) is 4.79 Å². The van der Waals surface area contributed by atoms with Crippen LogP contribution in [0.2, 0.25) is 0 Å². The van der Waals surface area contributed by atoms with Crippen LogP contribution in [0, 0.1) is 0 Å². The Kier molecular flexibility index (Phi) is 4.28. The molecule has 0 saturated carbocycles. The number of rotatable bonds is 4. The third-order valence-electron chi connectivity index (χ3n) is 3.81. The Labute approximate surface area is 130 Å². The predicted molar refractivity (Wildman–Crippen MR) is 88.4 cm³/mol. The van der Waals surface area contributed by atoms with Crippen LogP contribution in [0.3, 0.4) is 0 Å². The SMILES string of the molecule is CCOc1ccccc1NC(=O)C1CCc2ccccc2N1. The van der Waals surface area contributed by atoms with E-state index in [1.807, 2.05) is 49.4 Å². The van der Waals surface area contributed by atoms with Crippen LogP contribution in [0.5, 0.6) is 5.75 Å². The first-order valence-corrected chi connectivity index (χ1v) is 7.65. The van der Waals surface area contributed by atoms with Crippen molar-refractivity contribution in [2.45, 2.75) is 25.8 Å². The summed E-state index contributed by atoms with van der Waals surface area (Å²) >= 11 is 0. The first kappa shape index (κ1) is 14.4. The molecule has 0 aromatic heterocycles. The molecule has 0 aliphatic carbocycles. The van der Waals surface area contributed by atoms with E-state index in [0.717, 1.165) is 24.2 Å². The third-order valence-corrected chi connectivity index (χ3v) is 3.81. The van der Waals surface area contributed by atoms with E-state index < -0.39 is 0 Å². The Morgan fingerprint density at radius 3 is 2.86 bits per heavy atom. The van der Waals surface area contributed by atoms with E-state index in [-0.39, 0.29) is 11.9 Å². The van der Waals surface area contributed by atoms with Crippen LogP contribution in [0.4, 0.5) is 11.4 Å². The molecule has 1 heterocycles. The molecule has 1 amide bonds. The van der Waals surface area contributed by atoms with Crippen molar-refractivity contribution in [3.8, 4) is 5.75 Å². The zero-order valence-corrected chi connectivity index (χ0v) is 12.6. The van der Waals surface area contributed by atoms with Gasteiger partial charge >= 0.3 is 0 Å². The van der Waals surface area contributed by atoms with Crippen LogP contribution in [0.1, 0.15) is 18.9 Å². The Hall–Kier alpha value is -2.49. The minimum absolute atomic E-state index is 0.0262. The van der Waals surface area contributed by atoms with Crippen molar-refractivity contribution >= 4 is 17.3 Å². The number of fused-ring (bicyclic) bond motifs is 1. The number of ether oxygens (including phenoxy) is 1. The van der Waals surface area contributed by atoms with Gasteiger partial charge in [-0.25, -0.2) is 0 Å². The Morgan fingerprint density at radius 1 is 1.23 bits per heavy atom. The van der Waals surface area contributed by atoms with E-state index in [1.54, 1.807) is 0 Å². The summed E-state index contributed by atoms with van der Waals surface area (Å²) in [7, 11) is 0. The molecule has 2 N–H and O–H groups in total. The molecule has 3 rings (SSSR count). The molecule has 4 heteroatoms. The fraction of sp³-hybridized carbons (Fsp3) is 0.278. The van der Waals surface area contributed by atoms with E-state index in [2.05, 4.69) is 16.7 Å². The summed E-state index contributed by atoms with van der Waals surface area (Å²) in [5.74, 6) is 0.677. The van der Waals surface area contributed by atoms with Crippen LogP contribution in [0.25, 0.3) is 0 Å². The van der Waals surface area contributed by atoms with Gasteiger partial charge < -0.3 is 15.4 Å². The molecular weight excluding hydrogens is 276 g/mol. The van der Waals surface area contributed by atoms with Crippen molar-refractivity contribution in [2.24, 2.45) is 0 Å². The van der Waals surface area contributed by atoms with Crippen LogP contribution < -0.4 is 15.4 Å². The van der Waals surface area contributed by atoms with Gasteiger partial charge in [-0.15, -0.1) is 0 Å². The molecule has 0 saturated heterocycles. The van der Waals surface area contributed by atoms with E-state index in [4.69, 9.17) is 4.74 Å². The van der Waals surface area contributed by atoms with E-state index in [0.29, 0.717) is 12.4 Å². The van der Waals surface area contributed by atoms with Gasteiger partial charge in [0.2, 0.25) is 5.91 Å². The lowest BCUT2D eigenvalue weighted by atomic mass is 9.97. The average molecular weight is 296 g/mol. The molecule has 4 nitrogen and oxygen atoms in total. The molecular formula is C18H20N2O2. The van der Waals surface area contributed by atoms with Crippen molar-refractivity contribution in [3.63, 3.8) is 0 Å². The largest absolute Gasteiger partial charge is 0.492 e. The number of carbonyl (C=O) groups is 1. The minimum atomic E-state index is -0.218. The van der Waals surface area contributed by atoms with Gasteiger partial charge in [0.05, 0.1) is 12.3 Å². The van der Waals surface area contributed by atoms with Gasteiger partial charge in [-0.3, -0.25) is 4.79 Å². The fourth-order valence-electron chi connectivity index (χ4n) is 2.71. The Bertz CT molecular complexity index is 670. The highest BCUT2D eigenvalue weighted by molar-refractivity contribution is 5.98. The van der Waals surface area contributed by atoms with Gasteiger partial charge in [0.1, 0.15) is 11.8 Å². The van der Waals surface area contributed by atoms with Crippen molar-refractivity contribution < 1.29 is 9.53 Å². The summed E-state index contributed by atoms with van der Waals surface area (Å²) in [5.41, 5.74) is 3.03. The van der Waals surface area contributed by atoms with Crippen molar-refractivity contribution in [1.29, 1.82) is 0 Å². The number of aryl methyl sites for hydroxylation is 1. The number of hydrogen-bond acceptors (Lipinski definition) is 3. The summed E-state index contributed by atoms with van der Waals surface area (Å²) in [6, 6.07) is 15.4. The Morgan fingerprint density at radius 2 is 2.00 bits per heavy atom. The van der Waals surface area contributed by atoms with Crippen LogP contribution >= 0.6 is 0 Å². The summed E-state index contributed by atoms with van der Waals surface area (Å²) in [5, 5.41) is 6.29. The summed E-state index contributed by atoms with van der Waals surface area (Å²) < 4.78 is 5.55. The standard InChI is InChI=1S/C18H20N2O2/c1-2-22-17-10-6-5-9-15(17)20-18(21)16-12-11-13-7-3-4-8-14(13)19-16/h3-10,16,19H,2,11-12H2,1H3,(H,20,21). The maximum absolute atomic E-state index is 12.5. The lowest BCUT2D eigenvalue weighted by Gasteiger charge is -2.26. The highest BCUT2D eigenvalue weighted by atomic mass is 16.5. The molecule has 2 aromatic carbocycles. The van der Waals surface area contributed by atoms with Gasteiger partial charge in [0.25, 0.3) is 0 Å². The maximum atomic E-state index is 12.5. The van der Waals surface area contributed by atoms with Gasteiger partial charge in [0, 0.05) is 5.69 Å². The molecule has 0 radical (unpaired) electrons. The lowest BCUT2D eigenvalue weighted by molar-refractivity contribution is -0.117. The molecule has 1 unspecified atom stereocenters. The first-order valence-electron chi connectivity index (χ1n) is 7.65. The monoisotopic (exact) mass is 296 g/mol. The minimum Gasteiger partial charge on any atom is -0.492 e. The normalized spacial score (nSPS) is 16.3. The number of benzene rings is 2. The van der Waals surface area contributed by atoms with Crippen LogP contribution in [-0.4, -0.2) is 18.6 Å². The fourth-order valence-corrected chi connectivity index (χ4v) is 2.71. The molecule has 1 atom stereocenters. The lowest BCUT2D eigenvalue weighted by Crippen LogP contribution is -2.37. The average Bonchev–Trinajstić information content (AvgIpc) is 2.56. The number of para-hydroxylation sites is 3. The van der Waals surface area contributed by atoms with E-state index in [1.165, 1.54) is 5.56 Å². The van der Waals surface area contributed by atoms with Crippen molar-refractivity contribution in [1.82, 2.24) is 0 Å². The number of nitrogens with one attached hydrogen (secondary N) is 2.